The van der Waals surface area contributed by atoms with Crippen molar-refractivity contribution < 1.29 is 9.53 Å². The third kappa shape index (κ3) is 5.83. The van der Waals surface area contributed by atoms with Gasteiger partial charge in [0.15, 0.2) is 5.13 Å². The summed E-state index contributed by atoms with van der Waals surface area (Å²) >= 11 is 8.45. The molecule has 1 fully saturated rings. The van der Waals surface area contributed by atoms with Gasteiger partial charge in [0.2, 0.25) is 0 Å². The van der Waals surface area contributed by atoms with Crippen LogP contribution < -0.4 is 21.9 Å². The molecule has 1 aliphatic heterocycles. The van der Waals surface area contributed by atoms with Crippen molar-refractivity contribution in [3.05, 3.63) is 55.8 Å². The van der Waals surface area contributed by atoms with E-state index in [0.717, 1.165) is 48.1 Å². The number of rotatable bonds is 8. The molecule has 3 aromatic rings. The van der Waals surface area contributed by atoms with E-state index in [9.17, 15) is 9.59 Å². The van der Waals surface area contributed by atoms with Gasteiger partial charge in [-0.3, -0.25) is 23.9 Å². The first-order chi connectivity index (χ1) is 16.4. The third-order valence-electron chi connectivity index (χ3n) is 5.17. The number of amidine groups is 1. The summed E-state index contributed by atoms with van der Waals surface area (Å²) in [5.41, 5.74) is 7.49. The molecule has 1 saturated heterocycles. The number of anilines is 3. The highest BCUT2D eigenvalue weighted by Gasteiger charge is 2.18. The molecule has 0 atom stereocenters. The molecule has 0 radical (unpaired) electrons. The zero-order valence-corrected chi connectivity index (χ0v) is 20.8. The fourth-order valence-corrected chi connectivity index (χ4v) is 5.13. The van der Waals surface area contributed by atoms with Crippen LogP contribution in [-0.4, -0.2) is 65.4 Å². The molecule has 34 heavy (non-hydrogen) atoms. The number of aliphatic imine (C=N–C) groups is 1. The Labute approximate surface area is 209 Å². The highest BCUT2D eigenvalue weighted by molar-refractivity contribution is 7.18. The van der Waals surface area contributed by atoms with Crippen molar-refractivity contribution in [1.82, 2.24) is 14.3 Å². The van der Waals surface area contributed by atoms with Gasteiger partial charge in [-0.15, -0.1) is 0 Å². The van der Waals surface area contributed by atoms with Crippen LogP contribution in [0.4, 0.5) is 15.8 Å². The second kappa shape index (κ2) is 11.1. The minimum Gasteiger partial charge on any atom is -0.383 e. The molecule has 3 heterocycles. The molecule has 0 unspecified atom stereocenters. The van der Waals surface area contributed by atoms with Gasteiger partial charge in [0, 0.05) is 19.6 Å². The fourth-order valence-electron chi connectivity index (χ4n) is 3.34. The maximum absolute atomic E-state index is 12.7. The van der Waals surface area contributed by atoms with Crippen molar-refractivity contribution in [2.24, 2.45) is 10.7 Å². The summed E-state index contributed by atoms with van der Waals surface area (Å²) in [5.74, 6) is -0.171. The number of ether oxygens (including phenoxy) is 1. The number of aromatic nitrogens is 2. The first kappa shape index (κ1) is 24.4. The second-order valence-corrected chi connectivity index (χ2v) is 9.75. The third-order valence-corrected chi connectivity index (χ3v) is 7.19. The van der Waals surface area contributed by atoms with Gasteiger partial charge in [-0.05, 0) is 30.1 Å². The molecule has 0 spiro atoms. The Bertz CT molecular complexity index is 1230. The van der Waals surface area contributed by atoms with Crippen molar-refractivity contribution in [2.75, 3.05) is 50.0 Å². The molecule has 0 saturated carbocycles. The Balaban J connectivity index is 1.42. The average molecular weight is 522 g/mol. The number of amides is 1. The maximum Gasteiger partial charge on any atom is 0.271 e. The number of aryl methyl sites for hydroxylation is 1. The Morgan fingerprint density at radius 2 is 2.18 bits per heavy atom. The van der Waals surface area contributed by atoms with Gasteiger partial charge < -0.3 is 21.1 Å². The van der Waals surface area contributed by atoms with Gasteiger partial charge in [0.1, 0.15) is 21.3 Å². The number of halogens is 1. The largest absolute Gasteiger partial charge is 0.383 e. The fraction of sp³-hybridized carbons (Fsp3) is 0.333. The predicted molar refractivity (Wildman–Crippen MR) is 137 cm³/mol. The van der Waals surface area contributed by atoms with E-state index >= 15 is 0 Å². The van der Waals surface area contributed by atoms with E-state index < -0.39 is 0 Å². The van der Waals surface area contributed by atoms with E-state index in [1.165, 1.54) is 6.20 Å². The molecule has 0 bridgehead atoms. The maximum atomic E-state index is 12.7. The highest BCUT2D eigenvalue weighted by atomic mass is 35.5. The number of carbonyl (C=O) groups excluding carboxylic acids is 1. The zero-order valence-electron chi connectivity index (χ0n) is 18.4. The normalized spacial score (nSPS) is 14.8. The lowest BCUT2D eigenvalue weighted by molar-refractivity contribution is 0.0394. The lowest BCUT2D eigenvalue weighted by Crippen LogP contribution is -2.38. The smallest absolute Gasteiger partial charge is 0.271 e. The standard InChI is InChI=1S/C21H24ClN7O3S2/c1-12-3-2-4-13(22)16(12)26-18(30)14-11-25-21(33-14)27-20-15(19(31)28-34-20)17(23)24-5-6-29-7-9-32-10-8-29/h2-4,11H,5-10H2,1H3,(H2,23,24)(H,25,27)(H,26,30)(H,28,31). The first-order valence-corrected chi connectivity index (χ1v) is 12.5. The lowest BCUT2D eigenvalue weighted by Gasteiger charge is -2.25. The average Bonchev–Trinajstić information content (AvgIpc) is 3.44. The number of morpholine rings is 1. The van der Waals surface area contributed by atoms with E-state index in [1.54, 1.807) is 6.07 Å². The predicted octanol–water partition coefficient (Wildman–Crippen LogP) is 2.89. The molecule has 1 amide bonds. The second-order valence-electron chi connectivity index (χ2n) is 7.50. The molecule has 1 aromatic carbocycles. The Morgan fingerprint density at radius 1 is 1.38 bits per heavy atom. The van der Waals surface area contributed by atoms with Crippen LogP contribution in [0.3, 0.4) is 0 Å². The molecular weight excluding hydrogens is 498 g/mol. The molecule has 10 nitrogen and oxygen atoms in total. The molecule has 180 valence electrons. The van der Waals surface area contributed by atoms with Gasteiger partial charge in [-0.1, -0.05) is 35.1 Å². The number of hydrogen-bond acceptors (Lipinski definition) is 9. The number of aromatic amines is 1. The first-order valence-electron chi connectivity index (χ1n) is 10.5. The van der Waals surface area contributed by atoms with Gasteiger partial charge in [-0.25, -0.2) is 4.98 Å². The number of nitrogens with one attached hydrogen (secondary N) is 3. The summed E-state index contributed by atoms with van der Waals surface area (Å²) in [6.45, 7) is 6.22. The van der Waals surface area contributed by atoms with Crippen molar-refractivity contribution in [2.45, 2.75) is 6.92 Å². The number of thiazole rings is 1. The molecule has 13 heteroatoms. The topological polar surface area (TPSA) is 138 Å². The molecule has 1 aliphatic rings. The van der Waals surface area contributed by atoms with E-state index in [2.05, 4.69) is 29.9 Å². The van der Waals surface area contributed by atoms with Gasteiger partial charge in [0.25, 0.3) is 11.5 Å². The highest BCUT2D eigenvalue weighted by Crippen LogP contribution is 2.29. The van der Waals surface area contributed by atoms with Gasteiger partial charge in [-0.2, -0.15) is 0 Å². The number of carbonyl (C=O) groups is 1. The van der Waals surface area contributed by atoms with E-state index in [-0.39, 0.29) is 22.9 Å². The lowest BCUT2D eigenvalue weighted by atomic mass is 10.2. The summed E-state index contributed by atoms with van der Waals surface area (Å²) in [7, 11) is 0. The van der Waals surface area contributed by atoms with Crippen LogP contribution >= 0.6 is 34.5 Å². The van der Waals surface area contributed by atoms with Crippen LogP contribution in [-0.2, 0) is 4.74 Å². The van der Waals surface area contributed by atoms with E-state index in [1.807, 2.05) is 19.1 Å². The number of nitrogens with two attached hydrogens (primary N) is 1. The minimum absolute atomic E-state index is 0.155. The van der Waals surface area contributed by atoms with Crippen molar-refractivity contribution >= 4 is 62.0 Å². The zero-order chi connectivity index (χ0) is 24.1. The number of para-hydroxylation sites is 1. The summed E-state index contributed by atoms with van der Waals surface area (Å²) < 4.78 is 8.01. The van der Waals surface area contributed by atoms with Crippen LogP contribution in [0.2, 0.25) is 5.02 Å². The van der Waals surface area contributed by atoms with E-state index in [0.29, 0.717) is 45.5 Å². The summed E-state index contributed by atoms with van der Waals surface area (Å²) in [4.78, 5) is 36.3. The number of hydrogen-bond donors (Lipinski definition) is 4. The molecule has 2 aromatic heterocycles. The van der Waals surface area contributed by atoms with Crippen molar-refractivity contribution in [3.63, 3.8) is 0 Å². The number of H-pyrrole nitrogens is 1. The summed E-state index contributed by atoms with van der Waals surface area (Å²) in [6, 6.07) is 5.40. The van der Waals surface area contributed by atoms with Crippen LogP contribution in [0.15, 0.2) is 34.2 Å². The Hall–Kier alpha value is -2.77. The minimum atomic E-state index is -0.330. The Morgan fingerprint density at radius 3 is 2.94 bits per heavy atom. The SMILES string of the molecule is Cc1cccc(Cl)c1NC(=O)c1cnc(Nc2s[nH]c(=O)c2C(N)=NCCN2CCOCC2)s1. The monoisotopic (exact) mass is 521 g/mol. The van der Waals surface area contributed by atoms with Gasteiger partial charge in [0.05, 0.1) is 36.7 Å². The molecular formula is C21H24ClN7O3S2. The summed E-state index contributed by atoms with van der Waals surface area (Å²) in [5, 5.41) is 7.29. The van der Waals surface area contributed by atoms with Crippen molar-refractivity contribution in [3.8, 4) is 0 Å². The van der Waals surface area contributed by atoms with Crippen LogP contribution in [0.25, 0.3) is 0 Å². The van der Waals surface area contributed by atoms with Crippen LogP contribution in [0.1, 0.15) is 20.8 Å². The molecule has 5 N–H and O–H groups in total. The van der Waals surface area contributed by atoms with Gasteiger partial charge >= 0.3 is 0 Å². The molecule has 4 rings (SSSR count). The Kier molecular flexibility index (Phi) is 7.95. The number of nitrogens with zero attached hydrogens (tertiary/aromatic N) is 3. The van der Waals surface area contributed by atoms with Crippen LogP contribution in [0.5, 0.6) is 0 Å². The van der Waals surface area contributed by atoms with Crippen LogP contribution in [0, 0.1) is 6.92 Å². The number of benzene rings is 1. The quantitative estimate of drug-likeness (QED) is 0.264. The molecule has 0 aliphatic carbocycles. The summed E-state index contributed by atoms with van der Waals surface area (Å²) in [6.07, 6.45) is 1.46. The van der Waals surface area contributed by atoms with Crippen molar-refractivity contribution in [1.29, 1.82) is 0 Å². The van der Waals surface area contributed by atoms with E-state index in [4.69, 9.17) is 22.1 Å².